The molecular formula is C19H28O4. The summed E-state index contributed by atoms with van der Waals surface area (Å²) in [5, 5.41) is 8.74. The number of hydrogen-bond acceptors (Lipinski definition) is 3. The van der Waals surface area contributed by atoms with E-state index in [2.05, 4.69) is 39.8 Å². The van der Waals surface area contributed by atoms with E-state index in [0.717, 1.165) is 12.0 Å². The van der Waals surface area contributed by atoms with E-state index in [0.29, 0.717) is 17.8 Å². The predicted octanol–water partition coefficient (Wildman–Crippen LogP) is 4.03. The molecule has 0 bridgehead atoms. The Kier molecular flexibility index (Phi) is 7.27. The molecule has 4 heteroatoms. The third-order valence-electron chi connectivity index (χ3n) is 3.94. The number of benzene rings is 1. The van der Waals surface area contributed by atoms with E-state index in [1.165, 1.54) is 12.5 Å². The van der Waals surface area contributed by atoms with Crippen molar-refractivity contribution in [3.63, 3.8) is 0 Å². The summed E-state index contributed by atoms with van der Waals surface area (Å²) in [4.78, 5) is 22.4. The molecule has 4 nitrogen and oxygen atoms in total. The van der Waals surface area contributed by atoms with Crippen LogP contribution < -0.4 is 0 Å². The van der Waals surface area contributed by atoms with Crippen LogP contribution in [0.5, 0.6) is 0 Å². The minimum absolute atomic E-state index is 0.0917. The van der Waals surface area contributed by atoms with Crippen molar-refractivity contribution in [1.29, 1.82) is 0 Å². The molecular weight excluding hydrogens is 292 g/mol. The maximum absolute atomic E-state index is 11.7. The number of carboxylic acid groups (broad SMARTS) is 1. The summed E-state index contributed by atoms with van der Waals surface area (Å²) in [6.07, 6.45) is 0.113. The summed E-state index contributed by atoms with van der Waals surface area (Å²) in [6, 6.07) is 7.99. The van der Waals surface area contributed by atoms with E-state index in [4.69, 9.17) is 9.84 Å². The molecule has 2 atom stereocenters. The Hall–Kier alpha value is -1.84. The minimum Gasteiger partial charge on any atom is -0.479 e. The third kappa shape index (κ3) is 6.43. The van der Waals surface area contributed by atoms with Crippen molar-refractivity contribution >= 4 is 11.9 Å². The number of carbonyl (C=O) groups is 2. The van der Waals surface area contributed by atoms with Crippen molar-refractivity contribution in [1.82, 2.24) is 0 Å². The van der Waals surface area contributed by atoms with Crippen molar-refractivity contribution < 1.29 is 19.4 Å². The first-order chi connectivity index (χ1) is 10.7. The molecule has 2 unspecified atom stereocenters. The van der Waals surface area contributed by atoms with Crippen LogP contribution in [0.1, 0.15) is 58.1 Å². The van der Waals surface area contributed by atoms with E-state index in [1.54, 1.807) is 0 Å². The maximum Gasteiger partial charge on any atom is 0.344 e. The Morgan fingerprint density at radius 1 is 1.04 bits per heavy atom. The Morgan fingerprint density at radius 2 is 1.61 bits per heavy atom. The van der Waals surface area contributed by atoms with Gasteiger partial charge in [-0.2, -0.15) is 0 Å². The highest BCUT2D eigenvalue weighted by molar-refractivity contribution is 5.78. The summed E-state index contributed by atoms with van der Waals surface area (Å²) in [7, 11) is 0. The molecule has 0 aliphatic carbocycles. The summed E-state index contributed by atoms with van der Waals surface area (Å²) in [5.74, 6) is 0.0413. The monoisotopic (exact) mass is 320 g/mol. The quantitative estimate of drug-likeness (QED) is 0.734. The van der Waals surface area contributed by atoms with Crippen LogP contribution in [0.15, 0.2) is 24.3 Å². The van der Waals surface area contributed by atoms with Gasteiger partial charge in [0.05, 0.1) is 6.42 Å². The molecule has 0 spiro atoms. The molecule has 0 fully saturated rings. The number of carbonyl (C=O) groups excluding carboxylic acids is 1. The molecule has 0 aliphatic heterocycles. The van der Waals surface area contributed by atoms with Gasteiger partial charge in [0.25, 0.3) is 0 Å². The fraction of sp³-hybridized carbons (Fsp3) is 0.579. The Balaban J connectivity index is 2.72. The van der Waals surface area contributed by atoms with Gasteiger partial charge in [0.1, 0.15) is 0 Å². The summed E-state index contributed by atoms with van der Waals surface area (Å²) in [5.41, 5.74) is 2.12. The second-order valence-electron chi connectivity index (χ2n) is 6.87. The SMILES string of the molecule is CC(C)CC(c1ccc(CC(=O)OC(C)C(=O)O)cc1)C(C)C. The lowest BCUT2D eigenvalue weighted by Gasteiger charge is -2.23. The highest BCUT2D eigenvalue weighted by Gasteiger charge is 2.19. The van der Waals surface area contributed by atoms with Crippen LogP contribution in [-0.4, -0.2) is 23.1 Å². The highest BCUT2D eigenvalue weighted by Crippen LogP contribution is 2.31. The molecule has 128 valence electrons. The van der Waals surface area contributed by atoms with Crippen LogP contribution in [0.25, 0.3) is 0 Å². The van der Waals surface area contributed by atoms with Gasteiger partial charge >= 0.3 is 11.9 Å². The fourth-order valence-corrected chi connectivity index (χ4v) is 2.64. The zero-order valence-corrected chi connectivity index (χ0v) is 14.7. The first-order valence-electron chi connectivity index (χ1n) is 8.21. The standard InChI is InChI=1S/C19H28O4/c1-12(2)10-17(13(3)4)16-8-6-15(7-9-16)11-18(20)23-14(5)19(21)22/h6-9,12-14,17H,10-11H2,1-5H3,(H,21,22). The van der Waals surface area contributed by atoms with Gasteiger partial charge in [0, 0.05) is 0 Å². The molecule has 23 heavy (non-hydrogen) atoms. The second kappa shape index (κ2) is 8.70. The Bertz CT molecular complexity index is 517. The largest absolute Gasteiger partial charge is 0.479 e. The summed E-state index contributed by atoms with van der Waals surface area (Å²) in [6.45, 7) is 10.3. The fourth-order valence-electron chi connectivity index (χ4n) is 2.64. The molecule has 0 aliphatic rings. The number of carboxylic acids is 1. The first-order valence-corrected chi connectivity index (χ1v) is 8.21. The second-order valence-corrected chi connectivity index (χ2v) is 6.87. The molecule has 0 aromatic heterocycles. The summed E-state index contributed by atoms with van der Waals surface area (Å²) >= 11 is 0. The molecule has 0 saturated heterocycles. The van der Waals surface area contributed by atoms with Crippen molar-refractivity contribution in [2.75, 3.05) is 0 Å². The lowest BCUT2D eigenvalue weighted by Crippen LogP contribution is -2.24. The Morgan fingerprint density at radius 3 is 2.04 bits per heavy atom. The van der Waals surface area contributed by atoms with Gasteiger partial charge in [0.15, 0.2) is 6.10 Å². The topological polar surface area (TPSA) is 63.6 Å². The average molecular weight is 320 g/mol. The lowest BCUT2D eigenvalue weighted by molar-refractivity contribution is -0.162. The lowest BCUT2D eigenvalue weighted by atomic mass is 9.82. The predicted molar refractivity (Wildman–Crippen MR) is 90.4 cm³/mol. The van der Waals surface area contributed by atoms with Crippen molar-refractivity contribution in [3.8, 4) is 0 Å². The smallest absolute Gasteiger partial charge is 0.344 e. The molecule has 0 amide bonds. The van der Waals surface area contributed by atoms with Gasteiger partial charge in [-0.3, -0.25) is 4.79 Å². The van der Waals surface area contributed by atoms with Crippen LogP contribution >= 0.6 is 0 Å². The van der Waals surface area contributed by atoms with Crippen LogP contribution in [0.2, 0.25) is 0 Å². The van der Waals surface area contributed by atoms with E-state index < -0.39 is 18.0 Å². The van der Waals surface area contributed by atoms with Crippen molar-refractivity contribution in [3.05, 3.63) is 35.4 Å². The molecule has 1 aromatic rings. The normalized spacial score (nSPS) is 13.9. The van der Waals surface area contributed by atoms with Gasteiger partial charge in [-0.1, -0.05) is 52.0 Å². The molecule has 0 radical (unpaired) electrons. The number of aliphatic carboxylic acids is 1. The van der Waals surface area contributed by atoms with Crippen LogP contribution in [-0.2, 0) is 20.7 Å². The highest BCUT2D eigenvalue weighted by atomic mass is 16.6. The number of hydrogen-bond donors (Lipinski definition) is 1. The molecule has 1 aromatic carbocycles. The minimum atomic E-state index is -1.14. The van der Waals surface area contributed by atoms with Crippen LogP contribution in [0.3, 0.4) is 0 Å². The van der Waals surface area contributed by atoms with Gasteiger partial charge in [-0.25, -0.2) is 4.79 Å². The molecule has 0 heterocycles. The van der Waals surface area contributed by atoms with Gasteiger partial charge in [0.2, 0.25) is 0 Å². The maximum atomic E-state index is 11.7. The zero-order chi connectivity index (χ0) is 17.6. The number of ether oxygens (including phenoxy) is 1. The van der Waals surface area contributed by atoms with Crippen LogP contribution in [0, 0.1) is 11.8 Å². The van der Waals surface area contributed by atoms with E-state index in [-0.39, 0.29) is 6.42 Å². The summed E-state index contributed by atoms with van der Waals surface area (Å²) < 4.78 is 4.85. The van der Waals surface area contributed by atoms with E-state index in [9.17, 15) is 9.59 Å². The number of rotatable bonds is 8. The molecule has 1 rings (SSSR count). The van der Waals surface area contributed by atoms with Crippen LogP contribution in [0.4, 0.5) is 0 Å². The zero-order valence-electron chi connectivity index (χ0n) is 14.7. The number of esters is 1. The molecule has 1 N–H and O–H groups in total. The van der Waals surface area contributed by atoms with Gasteiger partial charge in [-0.05, 0) is 42.2 Å². The first kappa shape index (κ1) is 19.2. The Labute approximate surface area is 138 Å². The van der Waals surface area contributed by atoms with E-state index >= 15 is 0 Å². The van der Waals surface area contributed by atoms with Crippen molar-refractivity contribution in [2.45, 2.75) is 59.5 Å². The average Bonchev–Trinajstić information content (AvgIpc) is 2.45. The van der Waals surface area contributed by atoms with Gasteiger partial charge < -0.3 is 9.84 Å². The third-order valence-corrected chi connectivity index (χ3v) is 3.94. The van der Waals surface area contributed by atoms with Gasteiger partial charge in [-0.15, -0.1) is 0 Å². The molecule has 0 saturated carbocycles. The van der Waals surface area contributed by atoms with Crippen molar-refractivity contribution in [2.24, 2.45) is 11.8 Å². The van der Waals surface area contributed by atoms with E-state index in [1.807, 2.05) is 12.1 Å².